The Kier molecular flexibility index (Phi) is 13.1. The fourth-order valence-electron chi connectivity index (χ4n) is 6.27. The molecule has 3 fully saturated rings. The molecule has 2 aliphatic carbocycles. The van der Waals surface area contributed by atoms with E-state index in [-0.39, 0.29) is 12.3 Å². The highest BCUT2D eigenvalue weighted by Gasteiger charge is 2.32. The molecule has 2 saturated carbocycles. The molecule has 8 nitrogen and oxygen atoms in total. The molecular weight excluding hydrogens is 466 g/mol. The summed E-state index contributed by atoms with van der Waals surface area (Å²) >= 11 is 0. The van der Waals surface area contributed by atoms with Crippen molar-refractivity contribution in [1.29, 1.82) is 0 Å². The molecular formula is C29H57N5O3. The molecule has 216 valence electrons. The lowest BCUT2D eigenvalue weighted by molar-refractivity contribution is -0.153. The van der Waals surface area contributed by atoms with Crippen LogP contribution >= 0.6 is 0 Å². The molecule has 0 aromatic heterocycles. The van der Waals surface area contributed by atoms with Crippen LogP contribution in [0.1, 0.15) is 86.0 Å². The molecule has 0 aromatic rings. The van der Waals surface area contributed by atoms with Crippen molar-refractivity contribution in [3.8, 4) is 0 Å². The van der Waals surface area contributed by atoms with Crippen LogP contribution in [0, 0.1) is 17.8 Å². The van der Waals surface area contributed by atoms with Crippen molar-refractivity contribution in [2.75, 3.05) is 52.4 Å². The third-order valence-electron chi connectivity index (χ3n) is 8.58. The van der Waals surface area contributed by atoms with E-state index in [1.54, 1.807) is 0 Å². The molecule has 8 heteroatoms. The second kappa shape index (κ2) is 15.7. The van der Waals surface area contributed by atoms with Crippen LogP contribution in [0.4, 0.5) is 0 Å². The largest absolute Gasteiger partial charge is 0.459 e. The maximum Gasteiger partial charge on any atom is 0.320 e. The van der Waals surface area contributed by atoms with Gasteiger partial charge in [-0.25, -0.2) is 0 Å². The third kappa shape index (κ3) is 11.5. The summed E-state index contributed by atoms with van der Waals surface area (Å²) in [5.74, 6) is 2.03. The first kappa shape index (κ1) is 30.8. The maximum atomic E-state index is 11.9. The Balaban J connectivity index is 1.22. The highest BCUT2D eigenvalue weighted by molar-refractivity contribution is 5.72. The molecule has 3 rings (SSSR count). The Bertz CT molecular complexity index is 630. The van der Waals surface area contributed by atoms with Gasteiger partial charge in [-0.15, -0.1) is 0 Å². The first-order valence-electron chi connectivity index (χ1n) is 15.2. The third-order valence-corrected chi connectivity index (χ3v) is 8.58. The van der Waals surface area contributed by atoms with Gasteiger partial charge in [-0.1, -0.05) is 13.8 Å². The van der Waals surface area contributed by atoms with E-state index in [0.717, 1.165) is 51.8 Å². The highest BCUT2D eigenvalue weighted by Crippen LogP contribution is 2.33. The number of nitrogens with one attached hydrogen (secondary N) is 4. The zero-order valence-electron chi connectivity index (χ0n) is 24.4. The van der Waals surface area contributed by atoms with Crippen LogP contribution in [-0.2, 0) is 14.3 Å². The van der Waals surface area contributed by atoms with E-state index in [2.05, 4.69) is 40.0 Å². The Hall–Kier alpha value is -0.770. The van der Waals surface area contributed by atoms with Gasteiger partial charge in [0.05, 0.1) is 19.3 Å². The highest BCUT2D eigenvalue weighted by atomic mass is 16.6. The van der Waals surface area contributed by atoms with Gasteiger partial charge >= 0.3 is 5.97 Å². The van der Waals surface area contributed by atoms with E-state index in [0.29, 0.717) is 30.5 Å². The van der Waals surface area contributed by atoms with E-state index in [1.807, 2.05) is 20.8 Å². The van der Waals surface area contributed by atoms with Crippen molar-refractivity contribution < 1.29 is 14.3 Å². The number of nitrogens with zero attached hydrogens (tertiary/aromatic N) is 1. The molecule has 4 N–H and O–H groups in total. The molecule has 0 radical (unpaired) electrons. The topological polar surface area (TPSA) is 86.9 Å². The summed E-state index contributed by atoms with van der Waals surface area (Å²) in [7, 11) is 0. The minimum atomic E-state index is -0.410. The van der Waals surface area contributed by atoms with Gasteiger partial charge < -0.3 is 19.7 Å². The Labute approximate surface area is 226 Å². The fourth-order valence-corrected chi connectivity index (χ4v) is 6.27. The normalized spacial score (nSPS) is 31.4. The number of likely N-dealkylation sites (N-methyl/N-ethyl adjacent to an activating group) is 1. The molecule has 37 heavy (non-hydrogen) atoms. The first-order chi connectivity index (χ1) is 17.8. The molecule has 0 aromatic carbocycles. The standard InChI is InChI=1S/C29H57N5O3/c1-6-34(7-2)16-17-36-26-14-12-25(13-15-26)33-28-31-19-24(20-32-28)23-10-8-22(9-11-23)18-30-21-27(35)37-29(3,4)5/h22-26,28,30-33H,6-21H2,1-5H3. The molecule has 0 spiro atoms. The van der Waals surface area contributed by atoms with Gasteiger partial charge in [-0.2, -0.15) is 0 Å². The summed E-state index contributed by atoms with van der Waals surface area (Å²) in [4.78, 5) is 14.3. The predicted octanol–water partition coefficient (Wildman–Crippen LogP) is 3.08. The van der Waals surface area contributed by atoms with E-state index in [9.17, 15) is 4.79 Å². The van der Waals surface area contributed by atoms with Crippen LogP contribution in [-0.4, -0.2) is 87.3 Å². The monoisotopic (exact) mass is 523 g/mol. The molecule has 1 aliphatic heterocycles. The summed E-state index contributed by atoms with van der Waals surface area (Å²) in [6, 6.07) is 0.577. The number of carbonyl (C=O) groups is 1. The van der Waals surface area contributed by atoms with Gasteiger partial charge in [0, 0.05) is 25.7 Å². The summed E-state index contributed by atoms with van der Waals surface area (Å²) in [6.07, 6.45) is 10.5. The average molecular weight is 524 g/mol. The van der Waals surface area contributed by atoms with Crippen LogP contribution < -0.4 is 21.3 Å². The zero-order valence-corrected chi connectivity index (χ0v) is 24.4. The Morgan fingerprint density at radius 2 is 1.57 bits per heavy atom. The number of carbonyl (C=O) groups excluding carboxylic acids is 1. The van der Waals surface area contributed by atoms with Gasteiger partial charge in [-0.3, -0.25) is 20.7 Å². The van der Waals surface area contributed by atoms with Gasteiger partial charge in [0.25, 0.3) is 0 Å². The van der Waals surface area contributed by atoms with Crippen LogP contribution in [0.3, 0.4) is 0 Å². The summed E-state index contributed by atoms with van der Waals surface area (Å²) in [5.41, 5.74) is -0.410. The van der Waals surface area contributed by atoms with E-state index < -0.39 is 5.60 Å². The Morgan fingerprint density at radius 1 is 0.919 bits per heavy atom. The lowest BCUT2D eigenvalue weighted by Gasteiger charge is -2.40. The maximum absolute atomic E-state index is 11.9. The number of hydrogen-bond donors (Lipinski definition) is 4. The first-order valence-corrected chi connectivity index (χ1v) is 15.2. The summed E-state index contributed by atoms with van der Waals surface area (Å²) in [5, 5.41) is 14.6. The average Bonchev–Trinajstić information content (AvgIpc) is 2.87. The van der Waals surface area contributed by atoms with Crippen LogP contribution in [0.5, 0.6) is 0 Å². The molecule has 3 aliphatic rings. The Morgan fingerprint density at radius 3 is 2.16 bits per heavy atom. The molecule has 1 saturated heterocycles. The number of esters is 1. The molecule has 0 amide bonds. The second-order valence-corrected chi connectivity index (χ2v) is 12.5. The number of rotatable bonds is 13. The van der Waals surface area contributed by atoms with E-state index in [4.69, 9.17) is 9.47 Å². The minimum Gasteiger partial charge on any atom is -0.459 e. The van der Waals surface area contributed by atoms with Crippen LogP contribution in [0.25, 0.3) is 0 Å². The van der Waals surface area contributed by atoms with Gasteiger partial charge in [0.1, 0.15) is 11.9 Å². The summed E-state index contributed by atoms with van der Waals surface area (Å²) < 4.78 is 11.6. The van der Waals surface area contributed by atoms with Crippen molar-refractivity contribution in [1.82, 2.24) is 26.2 Å². The zero-order chi connectivity index (χ0) is 26.7. The second-order valence-electron chi connectivity index (χ2n) is 12.5. The van der Waals surface area contributed by atoms with E-state index >= 15 is 0 Å². The quantitative estimate of drug-likeness (QED) is 0.274. The number of hydrogen-bond acceptors (Lipinski definition) is 8. The SMILES string of the molecule is CCN(CC)CCOC1CCC(NC2NCC(C3CCC(CNCC(=O)OC(C)(C)C)CC3)CN2)CC1. The molecule has 1 heterocycles. The lowest BCUT2D eigenvalue weighted by atomic mass is 9.75. The van der Waals surface area contributed by atoms with Gasteiger partial charge in [0.2, 0.25) is 0 Å². The number of ether oxygens (including phenoxy) is 2. The smallest absolute Gasteiger partial charge is 0.320 e. The summed E-state index contributed by atoms with van der Waals surface area (Å²) in [6.45, 7) is 17.7. The van der Waals surface area contributed by atoms with Crippen molar-refractivity contribution in [2.24, 2.45) is 17.8 Å². The van der Waals surface area contributed by atoms with Gasteiger partial charge in [0.15, 0.2) is 0 Å². The molecule has 0 atom stereocenters. The predicted molar refractivity (Wildman–Crippen MR) is 150 cm³/mol. The van der Waals surface area contributed by atoms with Crippen LogP contribution in [0.2, 0.25) is 0 Å². The van der Waals surface area contributed by atoms with Crippen molar-refractivity contribution in [2.45, 2.75) is 110 Å². The minimum absolute atomic E-state index is 0.157. The van der Waals surface area contributed by atoms with Gasteiger partial charge in [-0.05, 0) is 110 Å². The van der Waals surface area contributed by atoms with E-state index in [1.165, 1.54) is 51.4 Å². The van der Waals surface area contributed by atoms with Crippen molar-refractivity contribution in [3.63, 3.8) is 0 Å². The fraction of sp³-hybridized carbons (Fsp3) is 0.966. The van der Waals surface area contributed by atoms with Crippen molar-refractivity contribution >= 4 is 5.97 Å². The lowest BCUT2D eigenvalue weighted by Crippen LogP contribution is -2.63. The molecule has 0 unspecified atom stereocenters. The molecule has 0 bridgehead atoms. The van der Waals surface area contributed by atoms with Crippen LogP contribution in [0.15, 0.2) is 0 Å². The van der Waals surface area contributed by atoms with Crippen molar-refractivity contribution in [3.05, 3.63) is 0 Å².